The van der Waals surface area contributed by atoms with Crippen LogP contribution >= 0.6 is 12.2 Å². The predicted octanol–water partition coefficient (Wildman–Crippen LogP) is 1.71. The Labute approximate surface area is 131 Å². The Morgan fingerprint density at radius 1 is 1.24 bits per heavy atom. The number of hydrogen-bond acceptors (Lipinski definition) is 3. The molecule has 0 saturated heterocycles. The number of aryl methyl sites for hydroxylation is 3. The molecule has 0 aliphatic carbocycles. The summed E-state index contributed by atoms with van der Waals surface area (Å²) in [5.41, 5.74) is 9.59. The molecule has 0 unspecified atom stereocenters. The van der Waals surface area contributed by atoms with Crippen LogP contribution in [0.2, 0.25) is 0 Å². The summed E-state index contributed by atoms with van der Waals surface area (Å²) in [7, 11) is 0. The van der Waals surface area contributed by atoms with Crippen molar-refractivity contribution < 1.29 is 4.79 Å². The maximum atomic E-state index is 11.7. The summed E-state index contributed by atoms with van der Waals surface area (Å²) in [5, 5.41) is 6.35. The van der Waals surface area contributed by atoms with Crippen molar-refractivity contribution in [3.05, 3.63) is 41.5 Å². The fraction of sp³-hybridized carbons (Fsp3) is 0.333. The molecule has 4 N–H and O–H groups in total. The smallest absolute Gasteiger partial charge is 0.257 e. The summed E-state index contributed by atoms with van der Waals surface area (Å²) >= 11 is 4.97. The summed E-state index contributed by atoms with van der Waals surface area (Å²) in [6.45, 7) is 10.4. The monoisotopic (exact) mass is 306 g/mol. The van der Waals surface area contributed by atoms with Crippen LogP contribution in [0, 0.1) is 20.8 Å². The highest BCUT2D eigenvalue weighted by atomic mass is 32.1. The van der Waals surface area contributed by atoms with Gasteiger partial charge in [0, 0.05) is 12.2 Å². The van der Waals surface area contributed by atoms with Crippen LogP contribution in [0.4, 0.5) is 5.69 Å². The maximum Gasteiger partial charge on any atom is 0.257 e. The molecule has 0 saturated carbocycles. The Kier molecular flexibility index (Phi) is 6.68. The van der Waals surface area contributed by atoms with Gasteiger partial charge in [0.1, 0.15) is 0 Å². The lowest BCUT2D eigenvalue weighted by Crippen LogP contribution is -2.48. The minimum absolute atomic E-state index is 0.168. The number of hydrogen-bond donors (Lipinski definition) is 4. The van der Waals surface area contributed by atoms with Crippen LogP contribution in [-0.4, -0.2) is 24.1 Å². The molecule has 1 rings (SSSR count). The van der Waals surface area contributed by atoms with Gasteiger partial charge in [-0.1, -0.05) is 23.8 Å². The quantitative estimate of drug-likeness (QED) is 0.379. The van der Waals surface area contributed by atoms with Gasteiger partial charge < -0.3 is 10.6 Å². The lowest BCUT2D eigenvalue weighted by Gasteiger charge is -2.14. The Morgan fingerprint density at radius 2 is 1.86 bits per heavy atom. The molecule has 0 aromatic heterocycles. The zero-order valence-corrected chi connectivity index (χ0v) is 13.5. The number of anilines is 1. The number of benzene rings is 1. The summed E-state index contributed by atoms with van der Waals surface area (Å²) in [5.74, 6) is -0.197. The van der Waals surface area contributed by atoms with Gasteiger partial charge in [0.25, 0.3) is 5.91 Å². The number of amides is 1. The molecule has 1 aromatic carbocycles. The van der Waals surface area contributed by atoms with Gasteiger partial charge in [-0.2, -0.15) is 0 Å². The largest absolute Gasteiger partial charge is 0.376 e. The SMILES string of the molecule is C=CCNC(=S)NNC(=O)CNc1c(C)cc(C)cc1C. The van der Waals surface area contributed by atoms with Crippen molar-refractivity contribution in [1.82, 2.24) is 16.2 Å². The third kappa shape index (κ3) is 5.83. The van der Waals surface area contributed by atoms with Gasteiger partial charge in [-0.15, -0.1) is 6.58 Å². The lowest BCUT2D eigenvalue weighted by atomic mass is 10.1. The van der Waals surface area contributed by atoms with Crippen molar-refractivity contribution in [1.29, 1.82) is 0 Å². The fourth-order valence-electron chi connectivity index (χ4n) is 2.01. The van der Waals surface area contributed by atoms with E-state index >= 15 is 0 Å². The van der Waals surface area contributed by atoms with Crippen LogP contribution in [0.15, 0.2) is 24.8 Å². The van der Waals surface area contributed by atoms with E-state index < -0.39 is 0 Å². The average Bonchev–Trinajstić information content (AvgIpc) is 2.41. The molecular weight excluding hydrogens is 284 g/mol. The first-order chi connectivity index (χ1) is 9.93. The second-order valence-corrected chi connectivity index (χ2v) is 5.21. The first-order valence-electron chi connectivity index (χ1n) is 6.69. The van der Waals surface area contributed by atoms with Crippen molar-refractivity contribution in [3.63, 3.8) is 0 Å². The van der Waals surface area contributed by atoms with Crippen molar-refractivity contribution >= 4 is 28.9 Å². The number of rotatable bonds is 5. The molecule has 6 heteroatoms. The molecule has 114 valence electrons. The van der Waals surface area contributed by atoms with E-state index in [1.807, 2.05) is 13.8 Å². The number of thiocarbonyl (C=S) groups is 1. The van der Waals surface area contributed by atoms with E-state index in [1.165, 1.54) is 5.56 Å². The number of hydrazine groups is 1. The van der Waals surface area contributed by atoms with Crippen LogP contribution in [0.1, 0.15) is 16.7 Å². The summed E-state index contributed by atoms with van der Waals surface area (Å²) in [6, 6.07) is 4.17. The zero-order chi connectivity index (χ0) is 15.8. The van der Waals surface area contributed by atoms with Crippen LogP contribution < -0.4 is 21.5 Å². The molecule has 0 atom stereocenters. The highest BCUT2D eigenvalue weighted by Crippen LogP contribution is 2.21. The molecule has 0 aliphatic heterocycles. The van der Waals surface area contributed by atoms with Crippen molar-refractivity contribution in [3.8, 4) is 0 Å². The summed E-state index contributed by atoms with van der Waals surface area (Å²) in [4.78, 5) is 11.7. The van der Waals surface area contributed by atoms with Crippen LogP contribution in [0.3, 0.4) is 0 Å². The van der Waals surface area contributed by atoms with Crippen LogP contribution in [-0.2, 0) is 4.79 Å². The molecule has 0 heterocycles. The van der Waals surface area contributed by atoms with Crippen molar-refractivity contribution in [2.75, 3.05) is 18.4 Å². The predicted molar refractivity (Wildman–Crippen MR) is 91.2 cm³/mol. The van der Waals surface area contributed by atoms with Gasteiger partial charge >= 0.3 is 0 Å². The number of carbonyl (C=O) groups excluding carboxylic acids is 1. The van der Waals surface area contributed by atoms with Gasteiger partial charge in [-0.05, 0) is 44.1 Å². The van der Waals surface area contributed by atoms with Crippen molar-refractivity contribution in [2.45, 2.75) is 20.8 Å². The molecule has 0 bridgehead atoms. The molecule has 0 fully saturated rings. The van der Waals surface area contributed by atoms with Gasteiger partial charge in [-0.25, -0.2) is 0 Å². The third-order valence-electron chi connectivity index (χ3n) is 2.83. The Balaban J connectivity index is 2.43. The summed E-state index contributed by atoms with van der Waals surface area (Å²) < 4.78 is 0. The second kappa shape index (κ2) is 8.26. The Hall–Kier alpha value is -2.08. The second-order valence-electron chi connectivity index (χ2n) is 4.80. The van der Waals surface area contributed by atoms with E-state index in [0.717, 1.165) is 16.8 Å². The third-order valence-corrected chi connectivity index (χ3v) is 3.07. The normalized spacial score (nSPS) is 9.67. The topological polar surface area (TPSA) is 65.2 Å². The number of nitrogens with one attached hydrogen (secondary N) is 4. The van der Waals surface area contributed by atoms with E-state index in [2.05, 4.69) is 47.1 Å². The molecule has 5 nitrogen and oxygen atoms in total. The molecule has 0 radical (unpaired) electrons. The number of carbonyl (C=O) groups is 1. The highest BCUT2D eigenvalue weighted by Gasteiger charge is 2.06. The van der Waals surface area contributed by atoms with E-state index in [4.69, 9.17) is 12.2 Å². The Morgan fingerprint density at radius 3 is 2.43 bits per heavy atom. The van der Waals surface area contributed by atoms with Crippen LogP contribution in [0.25, 0.3) is 0 Å². The van der Waals surface area contributed by atoms with Crippen molar-refractivity contribution in [2.24, 2.45) is 0 Å². The first kappa shape index (κ1) is 17.0. The first-order valence-corrected chi connectivity index (χ1v) is 7.10. The van der Waals surface area contributed by atoms with E-state index in [-0.39, 0.29) is 12.5 Å². The highest BCUT2D eigenvalue weighted by molar-refractivity contribution is 7.80. The van der Waals surface area contributed by atoms with Crippen LogP contribution in [0.5, 0.6) is 0 Å². The van der Waals surface area contributed by atoms with E-state index in [9.17, 15) is 4.79 Å². The maximum absolute atomic E-state index is 11.7. The lowest BCUT2D eigenvalue weighted by molar-refractivity contribution is -0.119. The minimum atomic E-state index is -0.197. The van der Waals surface area contributed by atoms with E-state index in [0.29, 0.717) is 11.7 Å². The minimum Gasteiger partial charge on any atom is -0.376 e. The Bertz CT molecular complexity index is 519. The molecule has 1 aromatic rings. The molecule has 21 heavy (non-hydrogen) atoms. The molecule has 0 aliphatic rings. The van der Waals surface area contributed by atoms with Gasteiger partial charge in [0.05, 0.1) is 6.54 Å². The van der Waals surface area contributed by atoms with Gasteiger partial charge in [-0.3, -0.25) is 15.6 Å². The van der Waals surface area contributed by atoms with Gasteiger partial charge in [0.15, 0.2) is 5.11 Å². The van der Waals surface area contributed by atoms with E-state index in [1.54, 1.807) is 6.08 Å². The molecule has 1 amide bonds. The average molecular weight is 306 g/mol. The fourth-order valence-corrected chi connectivity index (χ4v) is 2.14. The summed E-state index contributed by atoms with van der Waals surface area (Å²) in [6.07, 6.45) is 1.68. The zero-order valence-electron chi connectivity index (χ0n) is 12.7. The molecule has 0 spiro atoms. The van der Waals surface area contributed by atoms with Gasteiger partial charge in [0.2, 0.25) is 0 Å². The molecular formula is C15H22N4OS. The standard InChI is InChI=1S/C15H22N4OS/c1-5-6-16-15(21)19-18-13(20)9-17-14-11(3)7-10(2)8-12(14)4/h5,7-8,17H,1,6,9H2,2-4H3,(H,18,20)(H2,16,19,21).